The molecule has 0 aliphatic carbocycles. The van der Waals surface area contributed by atoms with Gasteiger partial charge in [0, 0.05) is 0 Å². The molecule has 0 amide bonds. The van der Waals surface area contributed by atoms with Crippen LogP contribution in [0.1, 0.15) is 13.8 Å². The summed E-state index contributed by atoms with van der Waals surface area (Å²) in [5, 5.41) is 0. The highest BCUT2D eigenvalue weighted by Gasteiger charge is 2.48. The first-order chi connectivity index (χ1) is 9.87. The summed E-state index contributed by atoms with van der Waals surface area (Å²) in [4.78, 5) is 0.125. The Morgan fingerprint density at radius 2 is 1.90 bits per heavy atom. The summed E-state index contributed by atoms with van der Waals surface area (Å²) >= 11 is 0. The molecule has 0 spiro atoms. The van der Waals surface area contributed by atoms with Gasteiger partial charge < -0.3 is 14.2 Å². The lowest BCUT2D eigenvalue weighted by atomic mass is 10.1. The molecule has 1 aromatic rings. The molecular formula is C14H18O6S. The fourth-order valence-corrected chi connectivity index (χ4v) is 3.57. The Labute approximate surface area is 124 Å². The number of ether oxygens (including phenoxy) is 3. The van der Waals surface area contributed by atoms with Crippen LogP contribution in [0.25, 0.3) is 0 Å². The standard InChI is InChI=1S/C14H18O6S/c1-14(2)18-9-11-13(19-14)12(8-17-11)20-21(15,16)10-6-4-3-5-7-10/h3-7,11-13H,8-9H2,1-2H3/t11-,12+,13+/m0/s1. The van der Waals surface area contributed by atoms with Crippen LogP contribution in [0.15, 0.2) is 35.2 Å². The van der Waals surface area contributed by atoms with E-state index < -0.39 is 28.1 Å². The predicted molar refractivity (Wildman–Crippen MR) is 73.1 cm³/mol. The Bertz CT molecular complexity index is 597. The van der Waals surface area contributed by atoms with Gasteiger partial charge in [-0.2, -0.15) is 8.42 Å². The maximum atomic E-state index is 12.3. The van der Waals surface area contributed by atoms with E-state index in [1.165, 1.54) is 12.1 Å². The lowest BCUT2D eigenvalue weighted by molar-refractivity contribution is -0.298. The highest BCUT2D eigenvalue weighted by Crippen LogP contribution is 2.32. The van der Waals surface area contributed by atoms with Crippen LogP contribution in [0, 0.1) is 0 Å². The monoisotopic (exact) mass is 314 g/mol. The van der Waals surface area contributed by atoms with Crippen molar-refractivity contribution in [3.8, 4) is 0 Å². The summed E-state index contributed by atoms with van der Waals surface area (Å²) < 4.78 is 46.6. The fourth-order valence-electron chi connectivity index (χ4n) is 2.47. The maximum Gasteiger partial charge on any atom is 0.297 e. The van der Waals surface area contributed by atoms with Crippen LogP contribution >= 0.6 is 0 Å². The van der Waals surface area contributed by atoms with Crippen LogP contribution < -0.4 is 0 Å². The topological polar surface area (TPSA) is 71.1 Å². The average Bonchev–Trinajstić information content (AvgIpc) is 2.80. The van der Waals surface area contributed by atoms with Crippen LogP contribution in [0.4, 0.5) is 0 Å². The maximum absolute atomic E-state index is 12.3. The molecule has 0 radical (unpaired) electrons. The molecule has 3 atom stereocenters. The van der Waals surface area contributed by atoms with E-state index in [0.29, 0.717) is 6.61 Å². The van der Waals surface area contributed by atoms with Gasteiger partial charge in [0.25, 0.3) is 10.1 Å². The molecule has 2 saturated heterocycles. The molecule has 1 aromatic carbocycles. The van der Waals surface area contributed by atoms with E-state index in [9.17, 15) is 8.42 Å². The minimum absolute atomic E-state index is 0.125. The lowest BCUT2D eigenvalue weighted by Gasteiger charge is -2.38. The summed E-state index contributed by atoms with van der Waals surface area (Å²) in [5.74, 6) is -0.771. The van der Waals surface area contributed by atoms with Crippen molar-refractivity contribution in [1.29, 1.82) is 0 Å². The van der Waals surface area contributed by atoms with Crippen molar-refractivity contribution < 1.29 is 26.8 Å². The van der Waals surface area contributed by atoms with Gasteiger partial charge in [0.15, 0.2) is 5.79 Å². The first kappa shape index (κ1) is 14.9. The molecule has 2 fully saturated rings. The molecule has 0 N–H and O–H groups in total. The molecule has 0 unspecified atom stereocenters. The van der Waals surface area contributed by atoms with Gasteiger partial charge in [-0.25, -0.2) is 0 Å². The van der Waals surface area contributed by atoms with Gasteiger partial charge in [0.1, 0.15) is 18.3 Å². The van der Waals surface area contributed by atoms with E-state index in [1.807, 2.05) is 0 Å². The Balaban J connectivity index is 1.76. The minimum atomic E-state index is -3.83. The smallest absolute Gasteiger partial charge is 0.297 e. The van der Waals surface area contributed by atoms with E-state index in [2.05, 4.69) is 0 Å². The summed E-state index contributed by atoms with van der Waals surface area (Å²) in [6.07, 6.45) is -1.41. The van der Waals surface area contributed by atoms with E-state index >= 15 is 0 Å². The third kappa shape index (κ3) is 3.12. The zero-order valence-corrected chi connectivity index (χ0v) is 12.7. The molecule has 3 rings (SSSR count). The van der Waals surface area contributed by atoms with Crippen molar-refractivity contribution in [3.05, 3.63) is 30.3 Å². The van der Waals surface area contributed by atoms with Crippen LogP contribution in [-0.4, -0.2) is 45.7 Å². The summed E-state index contributed by atoms with van der Waals surface area (Å²) in [6, 6.07) is 8.04. The second-order valence-electron chi connectivity index (χ2n) is 5.57. The largest absolute Gasteiger partial charge is 0.370 e. The van der Waals surface area contributed by atoms with E-state index in [4.69, 9.17) is 18.4 Å². The van der Waals surface area contributed by atoms with Crippen molar-refractivity contribution in [2.75, 3.05) is 13.2 Å². The normalized spacial score (nSPS) is 31.8. The number of hydrogen-bond donors (Lipinski definition) is 0. The van der Waals surface area contributed by atoms with Crippen molar-refractivity contribution in [2.24, 2.45) is 0 Å². The molecule has 6 nitrogen and oxygen atoms in total. The third-order valence-electron chi connectivity index (χ3n) is 3.50. The molecule has 0 bridgehead atoms. The predicted octanol–water partition coefficient (Wildman–Crippen LogP) is 1.31. The van der Waals surface area contributed by atoms with Crippen molar-refractivity contribution in [3.63, 3.8) is 0 Å². The van der Waals surface area contributed by atoms with Crippen molar-refractivity contribution in [1.82, 2.24) is 0 Å². The first-order valence-electron chi connectivity index (χ1n) is 6.79. The van der Waals surface area contributed by atoms with Gasteiger partial charge in [-0.1, -0.05) is 18.2 Å². The Kier molecular flexibility index (Phi) is 3.79. The second-order valence-corrected chi connectivity index (χ2v) is 7.14. The Hall–Kier alpha value is -0.990. The van der Waals surface area contributed by atoms with Crippen LogP contribution in [0.3, 0.4) is 0 Å². The summed E-state index contributed by atoms with van der Waals surface area (Å²) in [5.41, 5.74) is 0. The second kappa shape index (κ2) is 5.33. The van der Waals surface area contributed by atoms with Crippen molar-refractivity contribution >= 4 is 10.1 Å². The summed E-state index contributed by atoms with van der Waals surface area (Å²) in [7, 11) is -3.83. The van der Waals surface area contributed by atoms with Gasteiger partial charge in [-0.05, 0) is 26.0 Å². The van der Waals surface area contributed by atoms with E-state index in [0.717, 1.165) is 0 Å². The van der Waals surface area contributed by atoms with Gasteiger partial charge in [0.05, 0.1) is 18.1 Å². The Morgan fingerprint density at radius 3 is 2.62 bits per heavy atom. The van der Waals surface area contributed by atoms with Crippen LogP contribution in [-0.2, 0) is 28.5 Å². The molecule has 2 aliphatic rings. The molecule has 0 aromatic heterocycles. The van der Waals surface area contributed by atoms with Crippen molar-refractivity contribution in [2.45, 2.75) is 42.8 Å². The molecule has 2 heterocycles. The number of rotatable bonds is 3. The van der Waals surface area contributed by atoms with Gasteiger partial charge in [-0.15, -0.1) is 0 Å². The molecule has 0 saturated carbocycles. The van der Waals surface area contributed by atoms with Crippen LogP contribution in [0.2, 0.25) is 0 Å². The quantitative estimate of drug-likeness (QED) is 0.784. The molecule has 116 valence electrons. The first-order valence-corrected chi connectivity index (χ1v) is 8.20. The van der Waals surface area contributed by atoms with Gasteiger partial charge >= 0.3 is 0 Å². The average molecular weight is 314 g/mol. The van der Waals surface area contributed by atoms with E-state index in [-0.39, 0.29) is 17.6 Å². The SMILES string of the molecule is CC1(C)OC[C@@H]2OC[C@@H](OS(=O)(=O)c3ccccc3)[C@@H]2O1. The number of hydrogen-bond acceptors (Lipinski definition) is 6. The highest BCUT2D eigenvalue weighted by atomic mass is 32.2. The summed E-state index contributed by atoms with van der Waals surface area (Å²) in [6.45, 7) is 4.10. The van der Waals surface area contributed by atoms with Gasteiger partial charge in [0.2, 0.25) is 0 Å². The Morgan fingerprint density at radius 1 is 1.19 bits per heavy atom. The molecule has 2 aliphatic heterocycles. The zero-order valence-electron chi connectivity index (χ0n) is 11.9. The fraction of sp³-hybridized carbons (Fsp3) is 0.571. The number of benzene rings is 1. The molecule has 21 heavy (non-hydrogen) atoms. The zero-order chi connectivity index (χ0) is 15.1. The minimum Gasteiger partial charge on any atom is -0.370 e. The third-order valence-corrected chi connectivity index (χ3v) is 4.85. The molecular weight excluding hydrogens is 296 g/mol. The van der Waals surface area contributed by atoms with Crippen LogP contribution in [0.5, 0.6) is 0 Å². The molecule has 7 heteroatoms. The number of fused-ring (bicyclic) bond motifs is 1. The lowest BCUT2D eigenvalue weighted by Crippen LogP contribution is -2.50. The highest BCUT2D eigenvalue weighted by molar-refractivity contribution is 7.86. The van der Waals surface area contributed by atoms with E-state index in [1.54, 1.807) is 32.0 Å². The van der Waals surface area contributed by atoms with Gasteiger partial charge in [-0.3, -0.25) is 4.18 Å².